The quantitative estimate of drug-likeness (QED) is 0.0418. The number of fused-ring (bicyclic) bond motifs is 1. The molecule has 0 bridgehead atoms. The molecule has 402 valence electrons. The third-order valence-electron chi connectivity index (χ3n) is 13.5. The first-order valence-corrected chi connectivity index (χ1v) is 26.5. The maximum atomic E-state index is 15.1. The number of imidazole rings is 1. The zero-order valence-electron chi connectivity index (χ0n) is 42.7. The second-order valence-electron chi connectivity index (χ2n) is 18.3. The number of nitrogens with zero attached hydrogens (tertiary/aromatic N) is 5. The summed E-state index contributed by atoms with van der Waals surface area (Å²) < 4.78 is 73.8. The van der Waals surface area contributed by atoms with E-state index in [0.717, 1.165) is 21.3 Å². The number of carbonyl (C=O) groups is 2. The minimum atomic E-state index is -4.35. The van der Waals surface area contributed by atoms with Gasteiger partial charge in [0.15, 0.2) is 35.7 Å². The van der Waals surface area contributed by atoms with Crippen molar-refractivity contribution in [1.82, 2.24) is 29.1 Å². The van der Waals surface area contributed by atoms with Crippen LogP contribution >= 0.6 is 7.60 Å². The molecule has 1 unspecified atom stereocenters. The number of benzene rings is 5. The van der Waals surface area contributed by atoms with Crippen LogP contribution in [0.1, 0.15) is 68.3 Å². The first-order chi connectivity index (χ1) is 37.9. The Morgan fingerprint density at radius 1 is 0.731 bits per heavy atom. The van der Waals surface area contributed by atoms with Crippen molar-refractivity contribution in [3.63, 3.8) is 0 Å². The number of H-pyrrole nitrogens is 1. The molecule has 0 aliphatic carbocycles. The molecule has 1 amide bonds. The molecule has 0 saturated carbocycles. The molecule has 8 aromatic rings. The standard InChI is InChI=1S/C56H54N7O14P/c1-35-30-62(55(67)61-51(35)64)46-29-44(75-53(66)37-16-10-6-11-17-37)54(76-46)72-34-78(68,71-4)77-43-28-47(63-33-59-48-49(57-32-58-50(48)63)60-52(65)36-14-8-5-9-15-36)74-45(43)31-73-56(38-18-12-7-13-19-38,39-20-24-41(69-2)25-21-39)40-22-26-42(70-3)27-23-40/h5-27,30,32-33,43-47,54H,28-29,31,34H2,1-4H3,(H,61,64,67)(H,57,58,60,65)/t43-,44-,45-,46-,47-,54+,78?/m1/s1. The van der Waals surface area contributed by atoms with Crippen LogP contribution in [0, 0.1) is 6.92 Å². The molecule has 2 N–H and O–H groups in total. The lowest BCUT2D eigenvalue weighted by Gasteiger charge is -2.37. The van der Waals surface area contributed by atoms with Gasteiger partial charge in [-0.3, -0.25) is 28.3 Å². The minimum Gasteiger partial charge on any atom is -0.497 e. The predicted octanol–water partition coefficient (Wildman–Crippen LogP) is 7.92. The fourth-order valence-corrected chi connectivity index (χ4v) is 10.7. The molecule has 2 aliphatic heterocycles. The van der Waals surface area contributed by atoms with E-state index in [4.69, 9.17) is 42.2 Å². The van der Waals surface area contributed by atoms with Crippen LogP contribution in [0.3, 0.4) is 0 Å². The van der Waals surface area contributed by atoms with Crippen LogP contribution in [-0.2, 0) is 42.9 Å². The number of ether oxygens (including phenoxy) is 7. The third-order valence-corrected chi connectivity index (χ3v) is 15.1. The Labute approximate surface area is 446 Å². The number of carbonyl (C=O) groups excluding carboxylic acids is 2. The smallest absolute Gasteiger partial charge is 0.356 e. The average Bonchev–Trinajstić information content (AvgIpc) is 4.32. The van der Waals surface area contributed by atoms with E-state index in [1.807, 2.05) is 78.9 Å². The van der Waals surface area contributed by atoms with Crippen LogP contribution in [0.25, 0.3) is 11.2 Å². The lowest BCUT2D eigenvalue weighted by atomic mass is 9.80. The van der Waals surface area contributed by atoms with Crippen LogP contribution in [0.4, 0.5) is 5.82 Å². The zero-order chi connectivity index (χ0) is 54.4. The highest BCUT2D eigenvalue weighted by atomic mass is 31.2. The van der Waals surface area contributed by atoms with E-state index >= 15 is 4.57 Å². The summed E-state index contributed by atoms with van der Waals surface area (Å²) in [5.74, 6) is 0.311. The van der Waals surface area contributed by atoms with E-state index in [1.54, 1.807) is 79.5 Å². The maximum Gasteiger partial charge on any atom is 0.356 e. The molecule has 22 heteroatoms. The predicted molar refractivity (Wildman–Crippen MR) is 282 cm³/mol. The number of aryl methyl sites for hydroxylation is 1. The number of hydrogen-bond acceptors (Lipinski definition) is 17. The number of nitrogens with one attached hydrogen (secondary N) is 2. The Hall–Kier alpha value is -8.14. The maximum absolute atomic E-state index is 15.1. The summed E-state index contributed by atoms with van der Waals surface area (Å²) >= 11 is 0. The summed E-state index contributed by atoms with van der Waals surface area (Å²) in [6.45, 7) is 1.34. The molecule has 21 nitrogen and oxygen atoms in total. The van der Waals surface area contributed by atoms with Gasteiger partial charge in [0.1, 0.15) is 48.1 Å². The van der Waals surface area contributed by atoms with E-state index in [0.29, 0.717) is 22.7 Å². The number of rotatable bonds is 20. The van der Waals surface area contributed by atoms with Crippen molar-refractivity contribution in [2.24, 2.45) is 0 Å². The Morgan fingerprint density at radius 3 is 1.95 bits per heavy atom. The highest BCUT2D eigenvalue weighted by Crippen LogP contribution is 2.53. The van der Waals surface area contributed by atoms with Gasteiger partial charge in [-0.15, -0.1) is 0 Å². The summed E-state index contributed by atoms with van der Waals surface area (Å²) in [6, 6.07) is 41.6. The second kappa shape index (κ2) is 23.2. The van der Waals surface area contributed by atoms with Crippen LogP contribution in [0.15, 0.2) is 168 Å². The van der Waals surface area contributed by atoms with E-state index in [-0.39, 0.29) is 41.9 Å². The summed E-state index contributed by atoms with van der Waals surface area (Å²) in [6.07, 6.45) is -3.24. The number of esters is 1. The first kappa shape index (κ1) is 53.3. The highest BCUT2D eigenvalue weighted by molar-refractivity contribution is 7.53. The molecule has 5 heterocycles. The van der Waals surface area contributed by atoms with Gasteiger partial charge in [-0.05, 0) is 72.1 Å². The number of amides is 1. The van der Waals surface area contributed by atoms with Gasteiger partial charge in [0.2, 0.25) is 0 Å². The molecule has 2 aliphatic rings. The van der Waals surface area contributed by atoms with Gasteiger partial charge in [-0.25, -0.2) is 24.5 Å². The Balaban J connectivity index is 0.983. The van der Waals surface area contributed by atoms with E-state index in [2.05, 4.69) is 25.3 Å². The van der Waals surface area contributed by atoms with Crippen molar-refractivity contribution >= 4 is 36.5 Å². The van der Waals surface area contributed by atoms with Gasteiger partial charge >= 0.3 is 19.3 Å². The van der Waals surface area contributed by atoms with E-state index in [9.17, 15) is 19.2 Å². The average molecular weight is 1080 g/mol. The molecule has 2 saturated heterocycles. The molecule has 2 fully saturated rings. The fourth-order valence-electron chi connectivity index (χ4n) is 9.45. The van der Waals surface area contributed by atoms with E-state index < -0.39 is 79.7 Å². The Morgan fingerprint density at radius 2 is 1.32 bits per heavy atom. The molecule has 0 spiro atoms. The normalized spacial score (nSPS) is 20.0. The Kier molecular flexibility index (Phi) is 15.9. The van der Waals surface area contributed by atoms with Crippen molar-refractivity contribution < 1.29 is 56.4 Å². The molecule has 5 aromatic carbocycles. The van der Waals surface area contributed by atoms with Crippen molar-refractivity contribution in [2.45, 2.75) is 62.4 Å². The summed E-state index contributed by atoms with van der Waals surface area (Å²) in [5.41, 5.74) is 1.07. The molecule has 0 radical (unpaired) electrons. The topological polar surface area (TPSA) is 245 Å². The van der Waals surface area contributed by atoms with Crippen LogP contribution in [-0.4, -0.2) is 99.8 Å². The van der Waals surface area contributed by atoms with Crippen molar-refractivity contribution in [3.8, 4) is 11.5 Å². The fraction of sp³-hybridized carbons (Fsp3) is 0.268. The second-order valence-corrected chi connectivity index (χ2v) is 20.3. The largest absolute Gasteiger partial charge is 0.497 e. The number of aromatic amines is 1. The van der Waals surface area contributed by atoms with Crippen LogP contribution in [0.2, 0.25) is 0 Å². The number of methoxy groups -OCH3 is 2. The Bertz CT molecular complexity index is 3500. The van der Waals surface area contributed by atoms with Gasteiger partial charge in [0, 0.05) is 37.3 Å². The monoisotopic (exact) mass is 1080 g/mol. The third kappa shape index (κ3) is 11.2. The summed E-state index contributed by atoms with van der Waals surface area (Å²) in [5, 5.41) is 2.83. The van der Waals surface area contributed by atoms with Gasteiger partial charge in [-0.1, -0.05) is 91.0 Å². The molecule has 3 aromatic heterocycles. The van der Waals surface area contributed by atoms with Gasteiger partial charge in [0.25, 0.3) is 11.5 Å². The van der Waals surface area contributed by atoms with Crippen LogP contribution in [0.5, 0.6) is 11.5 Å². The van der Waals surface area contributed by atoms with Crippen molar-refractivity contribution in [2.75, 3.05) is 39.6 Å². The van der Waals surface area contributed by atoms with Crippen molar-refractivity contribution in [1.29, 1.82) is 0 Å². The lowest BCUT2D eigenvalue weighted by molar-refractivity contribution is -0.170. The number of anilines is 1. The SMILES string of the molecule is COc1ccc(C(OC[C@H]2O[C@@H](n3cnc4c(NC(=O)c5ccccc5)ncnc43)C[C@H]2OP(=O)(CO[C@H]2O[C@@H](n3cc(C)c(=O)[nH]c3=O)C[C@H]2OC(=O)c2ccccc2)OC)(c2ccccc2)c2ccc(OC)cc2)cc1. The summed E-state index contributed by atoms with van der Waals surface area (Å²) in [7, 11) is 0.0219. The molecule has 7 atom stereocenters. The van der Waals surface area contributed by atoms with Gasteiger partial charge < -0.3 is 47.5 Å². The molecular weight excluding hydrogens is 1030 g/mol. The lowest BCUT2D eigenvalue weighted by Crippen LogP contribution is -2.38. The highest BCUT2D eigenvalue weighted by Gasteiger charge is 2.47. The van der Waals surface area contributed by atoms with Gasteiger partial charge in [-0.2, -0.15) is 0 Å². The number of aromatic nitrogens is 6. The van der Waals surface area contributed by atoms with Crippen LogP contribution < -0.4 is 26.0 Å². The van der Waals surface area contributed by atoms with Crippen molar-refractivity contribution in [3.05, 3.63) is 213 Å². The number of hydrogen-bond donors (Lipinski definition) is 2. The molecule has 78 heavy (non-hydrogen) atoms. The summed E-state index contributed by atoms with van der Waals surface area (Å²) in [4.78, 5) is 67.9. The molecular formula is C56H54N7O14P. The minimum absolute atomic E-state index is 0.0275. The van der Waals surface area contributed by atoms with Gasteiger partial charge in [0.05, 0.1) is 32.7 Å². The first-order valence-electron chi connectivity index (χ1n) is 24.7. The zero-order valence-corrected chi connectivity index (χ0v) is 43.6. The molecule has 10 rings (SSSR count). The van der Waals surface area contributed by atoms with E-state index in [1.165, 1.54) is 32.9 Å².